The minimum Gasteiger partial charge on any atom is -0.207 e. The van der Waals surface area contributed by atoms with Gasteiger partial charge in [-0.2, -0.15) is 9.61 Å². The summed E-state index contributed by atoms with van der Waals surface area (Å²) in [4.78, 5) is 0.897. The molecule has 6 heteroatoms. The lowest BCUT2D eigenvalue weighted by Crippen LogP contribution is -1.95. The van der Waals surface area contributed by atoms with Crippen molar-refractivity contribution in [2.24, 2.45) is 0 Å². The maximum atomic E-state index is 12.8. The maximum Gasteiger partial charge on any atom is 0.234 e. The molecule has 2 aromatic heterocycles. The van der Waals surface area contributed by atoms with Gasteiger partial charge in [0, 0.05) is 12.3 Å². The normalized spacial score (nSPS) is 14.9. The lowest BCUT2D eigenvalue weighted by atomic mass is 10.1. The lowest BCUT2D eigenvalue weighted by Gasteiger charge is -1.99. The second-order valence-electron chi connectivity index (χ2n) is 5.50. The molecule has 4 rings (SSSR count). The van der Waals surface area contributed by atoms with E-state index in [4.69, 9.17) is 0 Å². The van der Waals surface area contributed by atoms with Crippen LogP contribution in [0, 0.1) is 5.82 Å². The SMILES string of the molecule is Fc1ccc(CCCc2nn3c(C4CC4)nnc3s2)cc1. The second-order valence-corrected chi connectivity index (χ2v) is 6.54. The number of fused-ring (bicyclic) bond motifs is 1. The van der Waals surface area contributed by atoms with E-state index in [9.17, 15) is 4.39 Å². The van der Waals surface area contributed by atoms with Gasteiger partial charge in [-0.05, 0) is 43.4 Å². The fourth-order valence-corrected chi connectivity index (χ4v) is 3.35. The zero-order chi connectivity index (χ0) is 14.2. The van der Waals surface area contributed by atoms with Crippen molar-refractivity contribution in [1.82, 2.24) is 19.8 Å². The van der Waals surface area contributed by atoms with Crippen molar-refractivity contribution in [1.29, 1.82) is 0 Å². The van der Waals surface area contributed by atoms with E-state index < -0.39 is 0 Å². The molecule has 0 bridgehead atoms. The van der Waals surface area contributed by atoms with Crippen LogP contribution in [0.4, 0.5) is 4.39 Å². The van der Waals surface area contributed by atoms with E-state index >= 15 is 0 Å². The molecule has 108 valence electrons. The zero-order valence-electron chi connectivity index (χ0n) is 11.5. The number of rotatable bonds is 5. The van der Waals surface area contributed by atoms with Crippen molar-refractivity contribution >= 4 is 16.3 Å². The molecular weight excluding hydrogens is 287 g/mol. The van der Waals surface area contributed by atoms with Gasteiger partial charge in [-0.15, -0.1) is 10.2 Å². The molecule has 0 radical (unpaired) electrons. The molecule has 3 aromatic rings. The average molecular weight is 302 g/mol. The summed E-state index contributed by atoms with van der Waals surface area (Å²) in [5.41, 5.74) is 1.16. The Morgan fingerprint density at radius 2 is 1.95 bits per heavy atom. The highest BCUT2D eigenvalue weighted by atomic mass is 32.1. The molecule has 0 unspecified atom stereocenters. The minimum absolute atomic E-state index is 0.181. The van der Waals surface area contributed by atoms with Crippen LogP contribution in [0.2, 0.25) is 0 Å². The highest BCUT2D eigenvalue weighted by molar-refractivity contribution is 7.16. The summed E-state index contributed by atoms with van der Waals surface area (Å²) in [6.45, 7) is 0. The summed E-state index contributed by atoms with van der Waals surface area (Å²) in [5, 5.41) is 14.2. The Labute approximate surface area is 125 Å². The Morgan fingerprint density at radius 1 is 1.14 bits per heavy atom. The van der Waals surface area contributed by atoms with Gasteiger partial charge in [0.15, 0.2) is 5.82 Å². The highest BCUT2D eigenvalue weighted by Gasteiger charge is 2.29. The van der Waals surface area contributed by atoms with E-state index in [1.165, 1.54) is 25.0 Å². The average Bonchev–Trinajstić information content (AvgIpc) is 3.12. The second kappa shape index (κ2) is 5.18. The fraction of sp³-hybridized carbons (Fsp3) is 0.400. The third kappa shape index (κ3) is 2.68. The van der Waals surface area contributed by atoms with Crippen molar-refractivity contribution in [3.8, 4) is 0 Å². The maximum absolute atomic E-state index is 12.8. The van der Waals surface area contributed by atoms with E-state index in [0.29, 0.717) is 5.92 Å². The van der Waals surface area contributed by atoms with Crippen molar-refractivity contribution in [2.45, 2.75) is 38.0 Å². The lowest BCUT2D eigenvalue weighted by molar-refractivity contribution is 0.626. The molecule has 4 nitrogen and oxygen atoms in total. The van der Waals surface area contributed by atoms with E-state index in [0.717, 1.165) is 40.6 Å². The first-order valence-corrected chi connectivity index (χ1v) is 8.07. The molecule has 1 aromatic carbocycles. The molecule has 0 aliphatic heterocycles. The third-order valence-corrected chi connectivity index (χ3v) is 4.73. The summed E-state index contributed by atoms with van der Waals surface area (Å²) in [5.74, 6) is 1.40. The molecular formula is C15H15FN4S. The quantitative estimate of drug-likeness (QED) is 0.725. The monoisotopic (exact) mass is 302 g/mol. The Kier molecular flexibility index (Phi) is 3.18. The van der Waals surface area contributed by atoms with Crippen LogP contribution in [0.15, 0.2) is 24.3 Å². The van der Waals surface area contributed by atoms with E-state index in [2.05, 4.69) is 15.3 Å². The van der Waals surface area contributed by atoms with Crippen molar-refractivity contribution in [3.05, 3.63) is 46.5 Å². The van der Waals surface area contributed by atoms with Crippen LogP contribution >= 0.6 is 11.3 Å². The molecule has 21 heavy (non-hydrogen) atoms. The molecule has 1 saturated carbocycles. The summed E-state index contributed by atoms with van der Waals surface area (Å²) in [7, 11) is 0. The standard InChI is InChI=1S/C15H15FN4S/c16-12-8-4-10(5-9-12)2-1-3-13-19-20-14(11-6-7-11)17-18-15(20)21-13/h4-5,8-9,11H,1-3,6-7H2. The molecule has 0 amide bonds. The van der Waals surface area contributed by atoms with Crippen LogP contribution < -0.4 is 0 Å². The zero-order valence-corrected chi connectivity index (χ0v) is 12.3. The molecule has 2 heterocycles. The van der Waals surface area contributed by atoms with Gasteiger partial charge in [0.1, 0.15) is 10.8 Å². The van der Waals surface area contributed by atoms with Gasteiger partial charge in [0.2, 0.25) is 4.96 Å². The summed E-state index contributed by atoms with van der Waals surface area (Å²) >= 11 is 1.62. The fourth-order valence-electron chi connectivity index (χ4n) is 2.46. The van der Waals surface area contributed by atoms with Crippen molar-refractivity contribution in [3.63, 3.8) is 0 Å². The predicted octanol–water partition coefficient (Wildman–Crippen LogP) is 3.38. The summed E-state index contributed by atoms with van der Waals surface area (Å²) in [6.07, 6.45) is 5.29. The molecule has 0 atom stereocenters. The van der Waals surface area contributed by atoms with Gasteiger partial charge in [-0.25, -0.2) is 4.39 Å². The number of hydrogen-bond donors (Lipinski definition) is 0. The van der Waals surface area contributed by atoms with Crippen LogP contribution in [-0.4, -0.2) is 19.8 Å². The van der Waals surface area contributed by atoms with Gasteiger partial charge in [-0.3, -0.25) is 0 Å². The minimum atomic E-state index is -0.181. The topological polar surface area (TPSA) is 43.1 Å². The first kappa shape index (κ1) is 12.9. The van der Waals surface area contributed by atoms with Crippen molar-refractivity contribution < 1.29 is 4.39 Å². The van der Waals surface area contributed by atoms with E-state index in [-0.39, 0.29) is 5.82 Å². The molecule has 1 fully saturated rings. The van der Waals surface area contributed by atoms with Crippen molar-refractivity contribution in [2.75, 3.05) is 0 Å². The number of halogens is 1. The first-order valence-electron chi connectivity index (χ1n) is 7.25. The molecule has 0 spiro atoms. The smallest absolute Gasteiger partial charge is 0.207 e. The van der Waals surface area contributed by atoms with Crippen LogP contribution in [0.5, 0.6) is 0 Å². The summed E-state index contributed by atoms with van der Waals surface area (Å²) < 4.78 is 14.8. The first-order chi connectivity index (χ1) is 10.3. The molecule has 1 aliphatic carbocycles. The van der Waals surface area contributed by atoms with Gasteiger partial charge in [0.25, 0.3) is 0 Å². The van der Waals surface area contributed by atoms with E-state index in [1.54, 1.807) is 11.3 Å². The Hall–Kier alpha value is -1.82. The van der Waals surface area contributed by atoms with Crippen LogP contribution in [-0.2, 0) is 12.8 Å². The number of aromatic nitrogens is 4. The Bertz CT molecular complexity index is 758. The number of aryl methyl sites for hydroxylation is 2. The Balaban J connectivity index is 1.41. The number of benzene rings is 1. The van der Waals surface area contributed by atoms with E-state index in [1.807, 2.05) is 16.6 Å². The molecule has 1 aliphatic rings. The number of hydrogen-bond acceptors (Lipinski definition) is 4. The largest absolute Gasteiger partial charge is 0.234 e. The molecule has 0 N–H and O–H groups in total. The van der Waals surface area contributed by atoms with Crippen LogP contribution in [0.25, 0.3) is 4.96 Å². The summed E-state index contributed by atoms with van der Waals surface area (Å²) in [6, 6.07) is 6.72. The van der Waals surface area contributed by atoms with Crippen LogP contribution in [0.1, 0.15) is 41.6 Å². The molecule has 0 saturated heterocycles. The Morgan fingerprint density at radius 3 is 2.71 bits per heavy atom. The van der Waals surface area contributed by atoms with Gasteiger partial charge in [-0.1, -0.05) is 23.5 Å². The van der Waals surface area contributed by atoms with Gasteiger partial charge in [0.05, 0.1) is 0 Å². The van der Waals surface area contributed by atoms with Gasteiger partial charge >= 0.3 is 0 Å². The number of nitrogens with zero attached hydrogens (tertiary/aromatic N) is 4. The third-order valence-electron chi connectivity index (χ3n) is 3.77. The predicted molar refractivity (Wildman–Crippen MR) is 79.1 cm³/mol. The van der Waals surface area contributed by atoms with Crippen LogP contribution in [0.3, 0.4) is 0 Å². The highest BCUT2D eigenvalue weighted by Crippen LogP contribution is 2.39. The van der Waals surface area contributed by atoms with Gasteiger partial charge < -0.3 is 0 Å².